The highest BCUT2D eigenvalue weighted by Crippen LogP contribution is 2.23. The molecule has 1 fully saturated rings. The minimum atomic E-state index is 0.478. The van der Waals surface area contributed by atoms with E-state index in [1.165, 1.54) is 23.7 Å². The van der Waals surface area contributed by atoms with Crippen LogP contribution in [0.2, 0.25) is 0 Å². The van der Waals surface area contributed by atoms with Gasteiger partial charge in [0.1, 0.15) is 0 Å². The van der Waals surface area contributed by atoms with Gasteiger partial charge in [-0.25, -0.2) is 0 Å². The molecular formula is C16H21N3O. The van der Waals surface area contributed by atoms with Crippen LogP contribution in [0.15, 0.2) is 30.7 Å². The number of hydrogen-bond donors (Lipinski definition) is 1. The van der Waals surface area contributed by atoms with Crippen LogP contribution in [0.25, 0.3) is 17.0 Å². The maximum absolute atomic E-state index is 5.24. The minimum Gasteiger partial charge on any atom is -0.501 e. The van der Waals surface area contributed by atoms with Gasteiger partial charge in [0.25, 0.3) is 0 Å². The maximum Gasteiger partial charge on any atom is 0.0845 e. The van der Waals surface area contributed by atoms with Crippen LogP contribution < -0.4 is 5.32 Å². The van der Waals surface area contributed by atoms with E-state index in [0.717, 1.165) is 18.7 Å². The first kappa shape index (κ1) is 13.2. The van der Waals surface area contributed by atoms with Gasteiger partial charge in [-0.1, -0.05) is 6.07 Å². The predicted octanol–water partition coefficient (Wildman–Crippen LogP) is 2.97. The van der Waals surface area contributed by atoms with Gasteiger partial charge in [0.15, 0.2) is 0 Å². The van der Waals surface area contributed by atoms with Gasteiger partial charge in [-0.15, -0.1) is 0 Å². The van der Waals surface area contributed by atoms with Gasteiger partial charge in [-0.05, 0) is 50.1 Å². The van der Waals surface area contributed by atoms with E-state index in [0.29, 0.717) is 12.6 Å². The Kier molecular flexibility index (Phi) is 4.02. The summed E-state index contributed by atoms with van der Waals surface area (Å²) in [6, 6.07) is 6.91. The maximum atomic E-state index is 5.24. The molecule has 2 aromatic rings. The summed E-state index contributed by atoms with van der Waals surface area (Å²) in [6.07, 6.45) is 8.12. The molecule has 1 saturated heterocycles. The van der Waals surface area contributed by atoms with Crippen molar-refractivity contribution in [3.8, 4) is 0 Å². The minimum absolute atomic E-state index is 0.478. The predicted molar refractivity (Wildman–Crippen MR) is 81.5 cm³/mol. The first-order valence-corrected chi connectivity index (χ1v) is 7.34. The van der Waals surface area contributed by atoms with E-state index in [2.05, 4.69) is 33.3 Å². The molecule has 1 aromatic carbocycles. The fourth-order valence-electron chi connectivity index (χ4n) is 2.73. The Morgan fingerprint density at radius 2 is 2.45 bits per heavy atom. The first-order chi connectivity index (χ1) is 9.88. The van der Waals surface area contributed by atoms with Crippen LogP contribution in [0.4, 0.5) is 0 Å². The van der Waals surface area contributed by atoms with Crippen LogP contribution in [0.1, 0.15) is 31.4 Å². The summed E-state index contributed by atoms with van der Waals surface area (Å²) in [5.41, 5.74) is 2.36. The topological polar surface area (TPSA) is 39.1 Å². The highest BCUT2D eigenvalue weighted by molar-refractivity contribution is 5.81. The lowest BCUT2D eigenvalue weighted by Gasteiger charge is -2.23. The van der Waals surface area contributed by atoms with E-state index >= 15 is 0 Å². The number of aromatic nitrogens is 2. The first-order valence-electron chi connectivity index (χ1n) is 7.34. The molecule has 4 heteroatoms. The van der Waals surface area contributed by atoms with Crippen LogP contribution in [0, 0.1) is 0 Å². The molecule has 20 heavy (non-hydrogen) atoms. The SMILES string of the molecule is CCOC=Cc1ccc2c(cnn2C2CCCNC2)c1. The summed E-state index contributed by atoms with van der Waals surface area (Å²) in [4.78, 5) is 0. The lowest BCUT2D eigenvalue weighted by atomic mass is 10.1. The third kappa shape index (κ3) is 2.70. The largest absolute Gasteiger partial charge is 0.501 e. The standard InChI is InChI=1S/C16H21N3O/c1-2-20-9-7-13-5-6-16-14(10-13)11-18-19(16)15-4-3-8-17-12-15/h5-7,9-11,15,17H,2-4,8,12H2,1H3. The molecule has 2 heterocycles. The van der Waals surface area contributed by atoms with Gasteiger partial charge < -0.3 is 10.1 Å². The Hall–Kier alpha value is -1.81. The van der Waals surface area contributed by atoms with Crippen LogP contribution in [0.3, 0.4) is 0 Å². The molecule has 0 spiro atoms. The Balaban J connectivity index is 1.86. The second kappa shape index (κ2) is 6.09. The second-order valence-electron chi connectivity index (χ2n) is 5.17. The zero-order chi connectivity index (χ0) is 13.8. The Morgan fingerprint density at radius 1 is 1.50 bits per heavy atom. The molecule has 1 unspecified atom stereocenters. The lowest BCUT2D eigenvalue weighted by molar-refractivity contribution is 0.272. The molecule has 0 amide bonds. The smallest absolute Gasteiger partial charge is 0.0845 e. The van der Waals surface area contributed by atoms with Crippen molar-refractivity contribution in [3.05, 3.63) is 36.2 Å². The summed E-state index contributed by atoms with van der Waals surface area (Å²) >= 11 is 0. The van der Waals surface area contributed by atoms with Crippen molar-refractivity contribution < 1.29 is 4.74 Å². The van der Waals surface area contributed by atoms with Crippen molar-refractivity contribution in [2.24, 2.45) is 0 Å². The molecule has 4 nitrogen and oxygen atoms in total. The zero-order valence-electron chi connectivity index (χ0n) is 11.9. The summed E-state index contributed by atoms with van der Waals surface area (Å²) in [7, 11) is 0. The second-order valence-corrected chi connectivity index (χ2v) is 5.17. The number of nitrogens with zero attached hydrogens (tertiary/aromatic N) is 2. The molecule has 0 aliphatic carbocycles. The highest BCUT2D eigenvalue weighted by atomic mass is 16.5. The highest BCUT2D eigenvalue weighted by Gasteiger charge is 2.17. The molecule has 106 valence electrons. The van der Waals surface area contributed by atoms with E-state index in [-0.39, 0.29) is 0 Å². The molecule has 1 aliphatic rings. The van der Waals surface area contributed by atoms with Gasteiger partial charge in [0, 0.05) is 11.9 Å². The van der Waals surface area contributed by atoms with Crippen molar-refractivity contribution in [1.29, 1.82) is 0 Å². The van der Waals surface area contributed by atoms with Crippen LogP contribution in [0.5, 0.6) is 0 Å². The number of rotatable bonds is 4. The van der Waals surface area contributed by atoms with E-state index in [1.807, 2.05) is 19.2 Å². The third-order valence-electron chi connectivity index (χ3n) is 3.76. The Morgan fingerprint density at radius 3 is 3.25 bits per heavy atom. The van der Waals surface area contributed by atoms with Gasteiger partial charge in [0.05, 0.1) is 30.6 Å². The van der Waals surface area contributed by atoms with E-state index in [9.17, 15) is 0 Å². The van der Waals surface area contributed by atoms with Crippen LogP contribution >= 0.6 is 0 Å². The summed E-state index contributed by atoms with van der Waals surface area (Å²) in [5, 5.41) is 9.21. The van der Waals surface area contributed by atoms with Crippen molar-refractivity contribution in [2.45, 2.75) is 25.8 Å². The number of piperidine rings is 1. The lowest BCUT2D eigenvalue weighted by Crippen LogP contribution is -2.32. The molecular weight excluding hydrogens is 250 g/mol. The number of nitrogens with one attached hydrogen (secondary N) is 1. The zero-order valence-corrected chi connectivity index (χ0v) is 11.9. The van der Waals surface area contributed by atoms with Crippen molar-refractivity contribution >= 4 is 17.0 Å². The fourth-order valence-corrected chi connectivity index (χ4v) is 2.73. The number of fused-ring (bicyclic) bond motifs is 1. The molecule has 1 aromatic heterocycles. The quantitative estimate of drug-likeness (QED) is 0.869. The molecule has 0 bridgehead atoms. The summed E-state index contributed by atoms with van der Waals surface area (Å²) in [5.74, 6) is 0. The summed E-state index contributed by atoms with van der Waals surface area (Å²) in [6.45, 7) is 4.83. The van der Waals surface area contributed by atoms with E-state index in [4.69, 9.17) is 4.74 Å². The van der Waals surface area contributed by atoms with Crippen molar-refractivity contribution in [3.63, 3.8) is 0 Å². The van der Waals surface area contributed by atoms with Gasteiger partial charge >= 0.3 is 0 Å². The van der Waals surface area contributed by atoms with Crippen LogP contribution in [-0.2, 0) is 4.74 Å². The average Bonchev–Trinajstić information content (AvgIpc) is 2.91. The molecule has 1 atom stereocenters. The van der Waals surface area contributed by atoms with Gasteiger partial charge in [0.2, 0.25) is 0 Å². The fraction of sp³-hybridized carbons (Fsp3) is 0.438. The van der Waals surface area contributed by atoms with Crippen molar-refractivity contribution in [2.75, 3.05) is 19.7 Å². The Labute approximate surface area is 119 Å². The molecule has 3 rings (SSSR count). The molecule has 0 saturated carbocycles. The average molecular weight is 271 g/mol. The van der Waals surface area contributed by atoms with Gasteiger partial charge in [-0.3, -0.25) is 4.68 Å². The molecule has 0 radical (unpaired) electrons. The van der Waals surface area contributed by atoms with E-state index < -0.39 is 0 Å². The normalized spacial score (nSPS) is 19.8. The monoisotopic (exact) mass is 271 g/mol. The number of hydrogen-bond acceptors (Lipinski definition) is 3. The summed E-state index contributed by atoms with van der Waals surface area (Å²) < 4.78 is 7.40. The molecule has 1 aliphatic heterocycles. The van der Waals surface area contributed by atoms with Crippen molar-refractivity contribution in [1.82, 2.24) is 15.1 Å². The van der Waals surface area contributed by atoms with E-state index in [1.54, 1.807) is 6.26 Å². The van der Waals surface area contributed by atoms with Gasteiger partial charge in [-0.2, -0.15) is 5.10 Å². The number of ether oxygens (including phenoxy) is 1. The molecule has 1 N–H and O–H groups in total. The number of benzene rings is 1. The van der Waals surface area contributed by atoms with Crippen LogP contribution in [-0.4, -0.2) is 29.5 Å². The third-order valence-corrected chi connectivity index (χ3v) is 3.76. The Bertz CT molecular complexity index is 597.